The number of rotatable bonds is 3. The molecule has 0 amide bonds. The van der Waals surface area contributed by atoms with Crippen molar-refractivity contribution in [2.75, 3.05) is 20.6 Å². The molecule has 0 atom stereocenters. The highest BCUT2D eigenvalue weighted by atomic mass is 15.2. The zero-order chi connectivity index (χ0) is 8.85. The fourth-order valence-corrected chi connectivity index (χ4v) is 0.432. The Hall–Kier alpha value is -1.26. The number of hydrogen-bond acceptors (Lipinski definition) is 2. The largest absolute Gasteiger partial charge is 0.388 e. The van der Waals surface area contributed by atoms with E-state index in [-0.39, 0.29) is 5.84 Å². The third kappa shape index (κ3) is 5.20. The van der Waals surface area contributed by atoms with Crippen LogP contribution in [-0.4, -0.2) is 37.3 Å². The number of nitrogens with two attached hydrogens (primary N) is 2. The standard InChI is InChI=1S/C6H15N5/c1-11(2)6(9)10-4-3-5(7)8/h3-4H2,1-2H3,(H3,7,8)(H2,9,10). The van der Waals surface area contributed by atoms with Gasteiger partial charge in [-0.3, -0.25) is 10.4 Å². The predicted octanol–water partition coefficient (Wildman–Crippen LogP) is -0.811. The molecule has 0 heterocycles. The summed E-state index contributed by atoms with van der Waals surface area (Å²) in [6, 6.07) is 0. The van der Waals surface area contributed by atoms with E-state index in [1.54, 1.807) is 4.90 Å². The molecule has 0 radical (unpaired) electrons. The maximum Gasteiger partial charge on any atom is 0.190 e. The quantitative estimate of drug-likeness (QED) is 0.369. The van der Waals surface area contributed by atoms with Crippen LogP contribution in [0.15, 0.2) is 4.99 Å². The fraction of sp³-hybridized carbons (Fsp3) is 0.667. The van der Waals surface area contributed by atoms with Crippen LogP contribution < -0.4 is 11.5 Å². The van der Waals surface area contributed by atoms with Crippen molar-refractivity contribution in [3.05, 3.63) is 0 Å². The molecule has 5 nitrogen and oxygen atoms in total. The molecule has 5 N–H and O–H groups in total. The highest BCUT2D eigenvalue weighted by molar-refractivity contribution is 5.79. The normalized spacial score (nSPS) is 11.3. The summed E-state index contributed by atoms with van der Waals surface area (Å²) in [6.45, 7) is 0.485. The molecule has 0 saturated carbocycles. The average molecular weight is 157 g/mol. The van der Waals surface area contributed by atoms with Crippen molar-refractivity contribution < 1.29 is 0 Å². The van der Waals surface area contributed by atoms with Crippen LogP contribution in [0.1, 0.15) is 6.42 Å². The zero-order valence-electron chi connectivity index (χ0n) is 6.96. The Morgan fingerprint density at radius 2 is 2.00 bits per heavy atom. The molecule has 0 aromatic heterocycles. The number of nitrogens with one attached hydrogen (secondary N) is 1. The van der Waals surface area contributed by atoms with Crippen LogP contribution in [-0.2, 0) is 0 Å². The maximum atomic E-state index is 6.90. The van der Waals surface area contributed by atoms with Gasteiger partial charge in [0.25, 0.3) is 0 Å². The molecule has 0 fully saturated rings. The maximum absolute atomic E-state index is 6.90. The third-order valence-corrected chi connectivity index (χ3v) is 1.11. The van der Waals surface area contributed by atoms with Crippen molar-refractivity contribution in [3.63, 3.8) is 0 Å². The molecule has 0 aromatic carbocycles. The van der Waals surface area contributed by atoms with E-state index in [1.807, 2.05) is 14.1 Å². The Bertz CT molecular complexity index is 160. The number of amidine groups is 1. The second-order valence-electron chi connectivity index (χ2n) is 2.41. The molecule has 0 spiro atoms. The molecule has 5 heteroatoms. The van der Waals surface area contributed by atoms with Crippen molar-refractivity contribution in [2.24, 2.45) is 16.5 Å². The van der Waals surface area contributed by atoms with Crippen LogP contribution in [0.3, 0.4) is 0 Å². The lowest BCUT2D eigenvalue weighted by Crippen LogP contribution is -2.30. The third-order valence-electron chi connectivity index (χ3n) is 1.11. The Morgan fingerprint density at radius 1 is 1.45 bits per heavy atom. The number of nitrogens with zero attached hydrogens (tertiary/aromatic N) is 2. The number of aliphatic imine (C=N–C) groups is 1. The lowest BCUT2D eigenvalue weighted by atomic mass is 10.4. The molecule has 11 heavy (non-hydrogen) atoms. The number of hydrogen-bond donors (Lipinski definition) is 3. The van der Waals surface area contributed by atoms with Gasteiger partial charge in [-0.15, -0.1) is 0 Å². The van der Waals surface area contributed by atoms with Crippen LogP contribution in [0, 0.1) is 5.41 Å². The molecular weight excluding hydrogens is 142 g/mol. The van der Waals surface area contributed by atoms with Crippen molar-refractivity contribution in [3.8, 4) is 0 Å². The van der Waals surface area contributed by atoms with E-state index in [0.29, 0.717) is 18.9 Å². The SMILES string of the molecule is CN(C)C(N)=NCCC(=N)N. The smallest absolute Gasteiger partial charge is 0.190 e. The van der Waals surface area contributed by atoms with Gasteiger partial charge in [0.05, 0.1) is 5.84 Å². The van der Waals surface area contributed by atoms with E-state index >= 15 is 0 Å². The topological polar surface area (TPSA) is 91.5 Å². The summed E-state index contributed by atoms with van der Waals surface area (Å²) in [5, 5.41) is 6.90. The lowest BCUT2D eigenvalue weighted by Gasteiger charge is -2.09. The molecule has 0 saturated heterocycles. The van der Waals surface area contributed by atoms with Crippen molar-refractivity contribution >= 4 is 11.8 Å². The number of guanidine groups is 1. The molecule has 64 valence electrons. The van der Waals surface area contributed by atoms with Gasteiger partial charge in [-0.05, 0) is 0 Å². The van der Waals surface area contributed by atoms with Crippen LogP contribution in [0.4, 0.5) is 0 Å². The molecule has 0 aliphatic rings. The second kappa shape index (κ2) is 4.54. The van der Waals surface area contributed by atoms with Crippen molar-refractivity contribution in [1.29, 1.82) is 5.41 Å². The van der Waals surface area contributed by atoms with E-state index in [2.05, 4.69) is 4.99 Å². The monoisotopic (exact) mass is 157 g/mol. The van der Waals surface area contributed by atoms with Crippen molar-refractivity contribution in [1.82, 2.24) is 4.90 Å². The van der Waals surface area contributed by atoms with E-state index in [1.165, 1.54) is 0 Å². The first-order chi connectivity index (χ1) is 5.04. The molecule has 0 aliphatic heterocycles. The van der Waals surface area contributed by atoms with Crippen molar-refractivity contribution in [2.45, 2.75) is 6.42 Å². The Balaban J connectivity index is 3.65. The molecule has 0 aliphatic carbocycles. The van der Waals surface area contributed by atoms with Gasteiger partial charge in [-0.1, -0.05) is 0 Å². The van der Waals surface area contributed by atoms with Gasteiger partial charge in [-0.25, -0.2) is 0 Å². The van der Waals surface area contributed by atoms with Gasteiger partial charge in [0.2, 0.25) is 0 Å². The van der Waals surface area contributed by atoms with E-state index in [4.69, 9.17) is 16.9 Å². The van der Waals surface area contributed by atoms with Gasteiger partial charge in [0, 0.05) is 27.1 Å². The van der Waals surface area contributed by atoms with Gasteiger partial charge >= 0.3 is 0 Å². The van der Waals surface area contributed by atoms with Gasteiger partial charge < -0.3 is 16.4 Å². The van der Waals surface area contributed by atoms with Gasteiger partial charge in [0.1, 0.15) is 0 Å². The Morgan fingerprint density at radius 3 is 2.36 bits per heavy atom. The van der Waals surface area contributed by atoms with E-state index in [0.717, 1.165) is 0 Å². The zero-order valence-corrected chi connectivity index (χ0v) is 6.96. The Kier molecular flexibility index (Phi) is 4.02. The van der Waals surface area contributed by atoms with E-state index < -0.39 is 0 Å². The summed E-state index contributed by atoms with van der Waals surface area (Å²) < 4.78 is 0. The first-order valence-electron chi connectivity index (χ1n) is 3.34. The Labute approximate surface area is 66.6 Å². The van der Waals surface area contributed by atoms with Crippen LogP contribution in [0.5, 0.6) is 0 Å². The molecule has 0 bridgehead atoms. The highest BCUT2D eigenvalue weighted by Gasteiger charge is 1.92. The fourth-order valence-electron chi connectivity index (χ4n) is 0.432. The summed E-state index contributed by atoms with van der Waals surface area (Å²) >= 11 is 0. The first kappa shape index (κ1) is 9.74. The van der Waals surface area contributed by atoms with Crippen LogP contribution in [0.2, 0.25) is 0 Å². The summed E-state index contributed by atoms with van der Waals surface area (Å²) in [5.41, 5.74) is 10.6. The minimum absolute atomic E-state index is 0.139. The first-order valence-corrected chi connectivity index (χ1v) is 3.34. The van der Waals surface area contributed by atoms with Crippen LogP contribution >= 0.6 is 0 Å². The summed E-state index contributed by atoms with van der Waals surface area (Å²) in [5.74, 6) is 0.603. The average Bonchev–Trinajstić information content (AvgIpc) is 1.86. The minimum atomic E-state index is 0.139. The minimum Gasteiger partial charge on any atom is -0.388 e. The summed E-state index contributed by atoms with van der Waals surface area (Å²) in [4.78, 5) is 5.67. The van der Waals surface area contributed by atoms with Crippen LogP contribution in [0.25, 0.3) is 0 Å². The summed E-state index contributed by atoms with van der Waals surface area (Å²) in [6.07, 6.45) is 0.467. The lowest BCUT2D eigenvalue weighted by molar-refractivity contribution is 0.610. The molecule has 0 rings (SSSR count). The van der Waals surface area contributed by atoms with E-state index in [9.17, 15) is 0 Å². The second-order valence-corrected chi connectivity index (χ2v) is 2.41. The highest BCUT2D eigenvalue weighted by Crippen LogP contribution is 1.81. The summed E-state index contributed by atoms with van der Waals surface area (Å²) in [7, 11) is 3.62. The molecular formula is C6H15N5. The van der Waals surface area contributed by atoms with Gasteiger partial charge in [0.15, 0.2) is 5.96 Å². The molecule has 0 unspecified atom stereocenters. The predicted molar refractivity (Wildman–Crippen MR) is 46.7 cm³/mol. The molecule has 0 aromatic rings. The van der Waals surface area contributed by atoms with Gasteiger partial charge in [-0.2, -0.15) is 0 Å².